The molecule has 15 heavy (non-hydrogen) atoms. The van der Waals surface area contributed by atoms with Crippen molar-refractivity contribution >= 4 is 0 Å². The van der Waals surface area contributed by atoms with E-state index in [2.05, 4.69) is 23.4 Å². The maximum atomic E-state index is 4.26. The summed E-state index contributed by atoms with van der Waals surface area (Å²) in [5.74, 6) is 0.704. The molecule has 0 radical (unpaired) electrons. The quantitative estimate of drug-likeness (QED) is 0.822. The maximum absolute atomic E-state index is 4.26. The average Bonchev–Trinajstić information content (AvgIpc) is 2.65. The fraction of sp³-hybridized carbons (Fsp3) is 0.750. The molecular weight excluding hydrogens is 186 g/mol. The second-order valence-electron chi connectivity index (χ2n) is 4.50. The summed E-state index contributed by atoms with van der Waals surface area (Å²) < 4.78 is 2.03. The van der Waals surface area contributed by atoms with Crippen LogP contribution < -0.4 is 5.32 Å². The molecule has 0 spiro atoms. The Bertz CT molecular complexity index is 304. The van der Waals surface area contributed by atoms with Gasteiger partial charge in [-0.1, -0.05) is 13.3 Å². The van der Waals surface area contributed by atoms with E-state index >= 15 is 0 Å². The molecule has 1 heterocycles. The third-order valence-electron chi connectivity index (χ3n) is 3.44. The van der Waals surface area contributed by atoms with Gasteiger partial charge < -0.3 is 5.32 Å². The second-order valence-corrected chi connectivity index (χ2v) is 4.50. The van der Waals surface area contributed by atoms with Crippen LogP contribution in [0.2, 0.25) is 0 Å². The third kappa shape index (κ3) is 2.40. The molecule has 84 valence electrons. The first kappa shape index (κ1) is 10.7. The van der Waals surface area contributed by atoms with Crippen molar-refractivity contribution in [3.05, 3.63) is 18.0 Å². The lowest BCUT2D eigenvalue weighted by atomic mass is 9.83. The predicted molar refractivity (Wildman–Crippen MR) is 61.9 cm³/mol. The Morgan fingerprint density at radius 2 is 2.40 bits per heavy atom. The smallest absolute Gasteiger partial charge is 0.0492 e. The Morgan fingerprint density at radius 3 is 3.07 bits per heavy atom. The molecule has 0 saturated heterocycles. The van der Waals surface area contributed by atoms with E-state index < -0.39 is 0 Å². The SMILES string of the molecule is CCNC1CCCC(c2ccnn2C)C1. The Hall–Kier alpha value is -0.830. The fourth-order valence-electron chi connectivity index (χ4n) is 2.72. The monoisotopic (exact) mass is 207 g/mol. The molecule has 1 aliphatic rings. The summed E-state index contributed by atoms with van der Waals surface area (Å²) in [4.78, 5) is 0. The van der Waals surface area contributed by atoms with Crippen molar-refractivity contribution in [2.45, 2.75) is 44.6 Å². The highest BCUT2D eigenvalue weighted by molar-refractivity contribution is 5.09. The van der Waals surface area contributed by atoms with Gasteiger partial charge in [-0.2, -0.15) is 5.10 Å². The van der Waals surface area contributed by atoms with Crippen molar-refractivity contribution in [2.24, 2.45) is 7.05 Å². The van der Waals surface area contributed by atoms with E-state index in [1.165, 1.54) is 31.4 Å². The molecule has 0 amide bonds. The van der Waals surface area contributed by atoms with Crippen molar-refractivity contribution in [3.8, 4) is 0 Å². The molecule has 2 atom stereocenters. The summed E-state index contributed by atoms with van der Waals surface area (Å²) >= 11 is 0. The van der Waals surface area contributed by atoms with Gasteiger partial charge in [-0.25, -0.2) is 0 Å². The summed E-state index contributed by atoms with van der Waals surface area (Å²) in [5, 5.41) is 7.83. The molecule has 2 rings (SSSR count). The van der Waals surface area contributed by atoms with Crippen LogP contribution in [0.1, 0.15) is 44.2 Å². The molecule has 1 aliphatic carbocycles. The topological polar surface area (TPSA) is 29.9 Å². The third-order valence-corrected chi connectivity index (χ3v) is 3.44. The Labute approximate surface area is 91.9 Å². The van der Waals surface area contributed by atoms with Gasteiger partial charge in [0.15, 0.2) is 0 Å². The number of hydrogen-bond donors (Lipinski definition) is 1. The summed E-state index contributed by atoms with van der Waals surface area (Å²) in [6.45, 7) is 3.27. The number of aromatic nitrogens is 2. The molecular formula is C12H21N3. The van der Waals surface area contributed by atoms with Gasteiger partial charge >= 0.3 is 0 Å². The molecule has 1 fully saturated rings. The van der Waals surface area contributed by atoms with Crippen LogP contribution in [0.3, 0.4) is 0 Å². The highest BCUT2D eigenvalue weighted by Crippen LogP contribution is 2.32. The molecule has 1 aromatic heterocycles. The van der Waals surface area contributed by atoms with Crippen molar-refractivity contribution in [1.29, 1.82) is 0 Å². The normalized spacial score (nSPS) is 26.8. The van der Waals surface area contributed by atoms with Crippen LogP contribution in [0.25, 0.3) is 0 Å². The highest BCUT2D eigenvalue weighted by atomic mass is 15.3. The van der Waals surface area contributed by atoms with Gasteiger partial charge in [-0.3, -0.25) is 4.68 Å². The van der Waals surface area contributed by atoms with Crippen LogP contribution in [0, 0.1) is 0 Å². The highest BCUT2D eigenvalue weighted by Gasteiger charge is 2.24. The molecule has 2 unspecified atom stereocenters. The summed E-state index contributed by atoms with van der Waals surface area (Å²) in [7, 11) is 2.05. The van der Waals surface area contributed by atoms with Gasteiger partial charge in [-0.15, -0.1) is 0 Å². The molecule has 0 aromatic carbocycles. The van der Waals surface area contributed by atoms with Gasteiger partial charge in [0.25, 0.3) is 0 Å². The van der Waals surface area contributed by atoms with E-state index in [1.807, 2.05) is 17.9 Å². The number of nitrogens with one attached hydrogen (secondary N) is 1. The van der Waals surface area contributed by atoms with E-state index in [-0.39, 0.29) is 0 Å². The molecule has 3 heteroatoms. The van der Waals surface area contributed by atoms with Crippen LogP contribution in [-0.4, -0.2) is 22.4 Å². The number of nitrogens with zero attached hydrogens (tertiary/aromatic N) is 2. The van der Waals surface area contributed by atoms with Crippen molar-refractivity contribution in [3.63, 3.8) is 0 Å². The zero-order valence-corrected chi connectivity index (χ0v) is 9.74. The van der Waals surface area contributed by atoms with Crippen LogP contribution >= 0.6 is 0 Å². The number of hydrogen-bond acceptors (Lipinski definition) is 2. The minimum atomic E-state index is 0.704. The van der Waals surface area contributed by atoms with Gasteiger partial charge in [0.1, 0.15) is 0 Å². The van der Waals surface area contributed by atoms with E-state index in [4.69, 9.17) is 0 Å². The zero-order valence-electron chi connectivity index (χ0n) is 9.74. The summed E-state index contributed by atoms with van der Waals surface area (Å²) in [5.41, 5.74) is 1.40. The molecule has 3 nitrogen and oxygen atoms in total. The number of rotatable bonds is 3. The second kappa shape index (κ2) is 4.79. The minimum Gasteiger partial charge on any atom is -0.314 e. The van der Waals surface area contributed by atoms with Crippen LogP contribution in [-0.2, 0) is 7.05 Å². The van der Waals surface area contributed by atoms with Crippen molar-refractivity contribution in [2.75, 3.05) is 6.54 Å². The molecule has 0 aliphatic heterocycles. The first-order valence-electron chi connectivity index (χ1n) is 6.02. The Balaban J connectivity index is 2.01. The lowest BCUT2D eigenvalue weighted by Crippen LogP contribution is -2.33. The molecule has 1 N–H and O–H groups in total. The fourth-order valence-corrected chi connectivity index (χ4v) is 2.72. The van der Waals surface area contributed by atoms with E-state index in [1.54, 1.807) is 0 Å². The lowest BCUT2D eigenvalue weighted by molar-refractivity contribution is 0.335. The van der Waals surface area contributed by atoms with Crippen molar-refractivity contribution < 1.29 is 0 Å². The van der Waals surface area contributed by atoms with Crippen LogP contribution in [0.4, 0.5) is 0 Å². The Morgan fingerprint density at radius 1 is 1.53 bits per heavy atom. The summed E-state index contributed by atoms with van der Waals surface area (Å²) in [6, 6.07) is 2.88. The van der Waals surface area contributed by atoms with Crippen molar-refractivity contribution in [1.82, 2.24) is 15.1 Å². The molecule has 0 bridgehead atoms. The first-order chi connectivity index (χ1) is 7.31. The molecule has 1 aromatic rings. The zero-order chi connectivity index (χ0) is 10.7. The summed E-state index contributed by atoms with van der Waals surface area (Å²) in [6.07, 6.45) is 7.18. The van der Waals surface area contributed by atoms with E-state index in [9.17, 15) is 0 Å². The first-order valence-corrected chi connectivity index (χ1v) is 6.02. The van der Waals surface area contributed by atoms with Crippen LogP contribution in [0.5, 0.6) is 0 Å². The van der Waals surface area contributed by atoms with Gasteiger partial charge in [-0.05, 0) is 31.9 Å². The maximum Gasteiger partial charge on any atom is 0.0492 e. The standard InChI is InChI=1S/C12H21N3/c1-3-13-11-6-4-5-10(9-11)12-7-8-14-15(12)2/h7-8,10-11,13H,3-6,9H2,1-2H3. The largest absolute Gasteiger partial charge is 0.314 e. The van der Waals surface area contributed by atoms with E-state index in [0.29, 0.717) is 12.0 Å². The van der Waals surface area contributed by atoms with Crippen LogP contribution in [0.15, 0.2) is 12.3 Å². The lowest BCUT2D eigenvalue weighted by Gasteiger charge is -2.29. The van der Waals surface area contributed by atoms with E-state index in [0.717, 1.165) is 6.54 Å². The van der Waals surface area contributed by atoms with Gasteiger partial charge in [0.05, 0.1) is 0 Å². The number of aryl methyl sites for hydroxylation is 1. The van der Waals surface area contributed by atoms with Gasteiger partial charge in [0, 0.05) is 30.9 Å². The predicted octanol–water partition coefficient (Wildman–Crippen LogP) is 2.06. The minimum absolute atomic E-state index is 0.704. The average molecular weight is 207 g/mol. The molecule has 1 saturated carbocycles. The Kier molecular flexibility index (Phi) is 3.41. The van der Waals surface area contributed by atoms with Gasteiger partial charge in [0.2, 0.25) is 0 Å².